The number of anilines is 1. The number of rotatable bonds is 5. The van der Waals surface area contributed by atoms with Gasteiger partial charge in [0.05, 0.1) is 26.6 Å². The lowest BCUT2D eigenvalue weighted by Gasteiger charge is -2.25. The number of carbonyl (C=O) groups is 1. The first-order chi connectivity index (χ1) is 14.6. The van der Waals surface area contributed by atoms with Crippen LogP contribution in [-0.4, -0.2) is 27.3 Å². The molecule has 6 nitrogen and oxygen atoms in total. The van der Waals surface area contributed by atoms with Crippen LogP contribution in [0, 0.1) is 11.3 Å². The molecular formula is C17H12Cl2F6N4O2S. The number of carbonyl (C=O) groups excluding carboxylic acids is 1. The highest BCUT2D eigenvalue weighted by Crippen LogP contribution is 2.46. The number of nitrogens with zero attached hydrogens (tertiary/aromatic N) is 4. The Morgan fingerprint density at radius 1 is 1.22 bits per heavy atom. The van der Waals surface area contributed by atoms with Crippen LogP contribution in [0.3, 0.4) is 0 Å². The van der Waals surface area contributed by atoms with E-state index in [1.165, 1.54) is 19.9 Å². The van der Waals surface area contributed by atoms with E-state index >= 15 is 0 Å². The number of aromatic nitrogens is 2. The SMILES string of the molecule is CC(=O)N(OC(C)C)c1c(SC(F)(F)F)c(C#N)nn1-c1c(Cl)cc(C(F)(F)F)cc1Cl. The van der Waals surface area contributed by atoms with E-state index in [2.05, 4.69) is 5.10 Å². The monoisotopic (exact) mass is 520 g/mol. The molecule has 0 saturated carbocycles. The van der Waals surface area contributed by atoms with Gasteiger partial charge in [0, 0.05) is 6.92 Å². The minimum absolute atomic E-state index is 0.441. The minimum Gasteiger partial charge on any atom is -0.272 e. The molecule has 174 valence electrons. The highest BCUT2D eigenvalue weighted by Gasteiger charge is 2.39. The Kier molecular flexibility index (Phi) is 7.66. The minimum atomic E-state index is -4.91. The summed E-state index contributed by atoms with van der Waals surface area (Å²) in [5, 5.41) is 12.2. The number of hydroxylamine groups is 1. The quantitative estimate of drug-likeness (QED) is 0.260. The van der Waals surface area contributed by atoms with Crippen LogP contribution in [-0.2, 0) is 15.8 Å². The smallest absolute Gasteiger partial charge is 0.272 e. The molecule has 2 rings (SSSR count). The molecule has 0 spiro atoms. The van der Waals surface area contributed by atoms with Crippen molar-refractivity contribution in [2.45, 2.75) is 43.5 Å². The molecule has 1 aromatic heterocycles. The maximum absolute atomic E-state index is 13.2. The Balaban J connectivity index is 2.93. The van der Waals surface area contributed by atoms with E-state index in [1.54, 1.807) is 0 Å². The van der Waals surface area contributed by atoms with E-state index < -0.39 is 73.2 Å². The van der Waals surface area contributed by atoms with Crippen molar-refractivity contribution in [3.63, 3.8) is 0 Å². The summed E-state index contributed by atoms with van der Waals surface area (Å²) < 4.78 is 79.4. The van der Waals surface area contributed by atoms with Crippen LogP contribution in [0.4, 0.5) is 32.2 Å². The maximum Gasteiger partial charge on any atom is 0.446 e. The number of halogens is 8. The number of alkyl halides is 6. The van der Waals surface area contributed by atoms with Crippen molar-refractivity contribution in [2.75, 3.05) is 5.06 Å². The fraction of sp³-hybridized carbons (Fsp3) is 0.353. The first kappa shape index (κ1) is 26.1. The first-order valence-electron chi connectivity index (χ1n) is 8.39. The zero-order chi connectivity index (χ0) is 24.6. The molecule has 1 aromatic carbocycles. The highest BCUT2D eigenvalue weighted by atomic mass is 35.5. The molecule has 32 heavy (non-hydrogen) atoms. The van der Waals surface area contributed by atoms with E-state index in [-0.39, 0.29) is 0 Å². The van der Waals surface area contributed by atoms with Gasteiger partial charge in [-0.1, -0.05) is 23.2 Å². The third kappa shape index (κ3) is 5.80. The molecule has 2 aromatic rings. The number of hydrogen-bond donors (Lipinski definition) is 0. The van der Waals surface area contributed by atoms with E-state index in [0.717, 1.165) is 6.92 Å². The van der Waals surface area contributed by atoms with Gasteiger partial charge < -0.3 is 0 Å². The summed E-state index contributed by atoms with van der Waals surface area (Å²) in [6, 6.07) is 2.43. The van der Waals surface area contributed by atoms with Crippen LogP contribution in [0.15, 0.2) is 17.0 Å². The van der Waals surface area contributed by atoms with Crippen LogP contribution in [0.25, 0.3) is 5.69 Å². The fourth-order valence-electron chi connectivity index (χ4n) is 2.43. The van der Waals surface area contributed by atoms with Crippen molar-refractivity contribution in [2.24, 2.45) is 0 Å². The van der Waals surface area contributed by atoms with Crippen LogP contribution in [0.5, 0.6) is 0 Å². The number of amides is 1. The maximum atomic E-state index is 13.2. The average Bonchev–Trinajstić information content (AvgIpc) is 2.93. The van der Waals surface area contributed by atoms with Crippen molar-refractivity contribution in [1.29, 1.82) is 5.26 Å². The molecule has 0 aliphatic rings. The standard InChI is InChI=1S/C17H12Cl2F6N4O2S/c1-7(2)31-29(8(3)30)15-14(32-17(23,24)25)12(6-26)27-28(15)13-10(18)4-9(5-11(13)19)16(20,21)22/h4-5,7H,1-3H3. The van der Waals surface area contributed by atoms with Crippen molar-refractivity contribution in [1.82, 2.24) is 9.78 Å². The summed E-state index contributed by atoms with van der Waals surface area (Å²) in [4.78, 5) is 16.7. The summed E-state index contributed by atoms with van der Waals surface area (Å²) in [7, 11) is 0. The molecule has 0 aliphatic carbocycles. The van der Waals surface area contributed by atoms with Crippen LogP contribution in [0.1, 0.15) is 32.0 Å². The lowest BCUT2D eigenvalue weighted by molar-refractivity contribution is -0.137. The average molecular weight is 521 g/mol. The van der Waals surface area contributed by atoms with Crippen LogP contribution < -0.4 is 5.06 Å². The Hall–Kier alpha value is -2.14. The van der Waals surface area contributed by atoms with Gasteiger partial charge >= 0.3 is 11.7 Å². The third-order valence-corrected chi connectivity index (χ3v) is 4.88. The molecule has 0 aliphatic heterocycles. The Bertz CT molecular complexity index is 1060. The lowest BCUT2D eigenvalue weighted by atomic mass is 10.2. The normalized spacial score (nSPS) is 12.2. The summed E-state index contributed by atoms with van der Waals surface area (Å²) >= 11 is 11.2. The Labute approximate surface area is 191 Å². The van der Waals surface area contributed by atoms with E-state index in [1.807, 2.05) is 0 Å². The first-order valence-corrected chi connectivity index (χ1v) is 9.97. The van der Waals surface area contributed by atoms with Gasteiger partial charge in [-0.15, -0.1) is 0 Å². The number of benzene rings is 1. The van der Waals surface area contributed by atoms with Crippen molar-refractivity contribution >= 4 is 46.7 Å². The highest BCUT2D eigenvalue weighted by molar-refractivity contribution is 8.00. The van der Waals surface area contributed by atoms with Gasteiger partial charge in [0.2, 0.25) is 5.91 Å². The van der Waals surface area contributed by atoms with Gasteiger partial charge in [0.25, 0.3) is 0 Å². The third-order valence-electron chi connectivity index (χ3n) is 3.49. The molecule has 0 bridgehead atoms. The molecule has 0 saturated heterocycles. The van der Waals surface area contributed by atoms with Crippen LogP contribution in [0.2, 0.25) is 10.0 Å². The van der Waals surface area contributed by atoms with Gasteiger partial charge in [-0.2, -0.15) is 41.8 Å². The molecule has 0 atom stereocenters. The van der Waals surface area contributed by atoms with E-state index in [4.69, 9.17) is 28.0 Å². The van der Waals surface area contributed by atoms with Crippen molar-refractivity contribution in [3.05, 3.63) is 33.4 Å². The van der Waals surface area contributed by atoms with Gasteiger partial charge in [0.1, 0.15) is 11.8 Å². The number of nitriles is 1. The molecule has 0 unspecified atom stereocenters. The van der Waals surface area contributed by atoms with Crippen LogP contribution >= 0.6 is 35.0 Å². The van der Waals surface area contributed by atoms with Gasteiger partial charge in [-0.3, -0.25) is 9.63 Å². The molecule has 15 heteroatoms. The van der Waals surface area contributed by atoms with E-state index in [0.29, 0.717) is 21.9 Å². The summed E-state index contributed by atoms with van der Waals surface area (Å²) in [5.41, 5.74) is -7.41. The topological polar surface area (TPSA) is 71.2 Å². The predicted octanol–water partition coefficient (Wildman–Crippen LogP) is 6.37. The fourth-order valence-corrected chi connectivity index (χ4v) is 3.75. The van der Waals surface area contributed by atoms with Gasteiger partial charge in [0.15, 0.2) is 11.5 Å². The predicted molar refractivity (Wildman–Crippen MR) is 105 cm³/mol. The summed E-state index contributed by atoms with van der Waals surface area (Å²) in [6.45, 7) is 3.90. The zero-order valence-corrected chi connectivity index (χ0v) is 18.6. The Morgan fingerprint density at radius 2 is 1.75 bits per heavy atom. The lowest BCUT2D eigenvalue weighted by Crippen LogP contribution is -2.34. The second kappa shape index (κ2) is 9.38. The second-order valence-electron chi connectivity index (χ2n) is 6.33. The summed E-state index contributed by atoms with van der Waals surface area (Å²) in [6.07, 6.45) is -5.55. The molecular weight excluding hydrogens is 509 g/mol. The van der Waals surface area contributed by atoms with E-state index in [9.17, 15) is 36.4 Å². The van der Waals surface area contributed by atoms with Gasteiger partial charge in [-0.05, 0) is 37.7 Å². The molecule has 0 fully saturated rings. The number of thioether (sulfide) groups is 1. The van der Waals surface area contributed by atoms with Crippen molar-refractivity contribution in [3.8, 4) is 11.8 Å². The Morgan fingerprint density at radius 3 is 2.12 bits per heavy atom. The zero-order valence-electron chi connectivity index (χ0n) is 16.3. The second-order valence-corrected chi connectivity index (χ2v) is 8.22. The van der Waals surface area contributed by atoms with Gasteiger partial charge in [-0.25, -0.2) is 4.68 Å². The molecule has 1 amide bonds. The number of hydrogen-bond acceptors (Lipinski definition) is 5. The molecule has 0 N–H and O–H groups in total. The molecule has 0 radical (unpaired) electrons. The molecule has 1 heterocycles. The largest absolute Gasteiger partial charge is 0.446 e. The van der Waals surface area contributed by atoms with Crippen molar-refractivity contribution < 1.29 is 36.0 Å². The summed E-state index contributed by atoms with van der Waals surface area (Å²) in [5.74, 6) is -1.61.